The van der Waals surface area contributed by atoms with Crippen LogP contribution in [0.2, 0.25) is 0 Å². The third-order valence-electron chi connectivity index (χ3n) is 3.37. The number of nitrogens with one attached hydrogen (secondary N) is 1. The largest absolute Gasteiger partial charge is 0.378 e. The number of hydrogen-bond donors (Lipinski definition) is 1. The average molecular weight is 263 g/mol. The molecule has 1 unspecified atom stereocenters. The van der Waals surface area contributed by atoms with Gasteiger partial charge in [-0.25, -0.2) is 0 Å². The van der Waals surface area contributed by atoms with Crippen molar-refractivity contribution < 1.29 is 4.79 Å². The molecule has 1 atom stereocenters. The van der Waals surface area contributed by atoms with E-state index in [1.54, 1.807) is 4.90 Å². The zero-order valence-electron chi connectivity index (χ0n) is 12.6. The summed E-state index contributed by atoms with van der Waals surface area (Å²) in [5.41, 5.74) is 2.37. The van der Waals surface area contributed by atoms with E-state index in [1.165, 1.54) is 11.3 Å². The first kappa shape index (κ1) is 15.5. The SMILES string of the molecule is CCN(C)C(=O)CNC(C)c1ccc(N(C)C)cc1. The molecule has 1 aromatic rings. The molecule has 19 heavy (non-hydrogen) atoms. The summed E-state index contributed by atoms with van der Waals surface area (Å²) in [6.07, 6.45) is 0. The fourth-order valence-electron chi connectivity index (χ4n) is 1.73. The molecule has 106 valence electrons. The van der Waals surface area contributed by atoms with Gasteiger partial charge in [0.25, 0.3) is 0 Å². The summed E-state index contributed by atoms with van der Waals surface area (Å²) < 4.78 is 0. The van der Waals surface area contributed by atoms with E-state index in [0.717, 1.165) is 6.54 Å². The van der Waals surface area contributed by atoms with Crippen molar-refractivity contribution >= 4 is 11.6 Å². The van der Waals surface area contributed by atoms with Crippen LogP contribution in [0.1, 0.15) is 25.5 Å². The topological polar surface area (TPSA) is 35.6 Å². The summed E-state index contributed by atoms with van der Waals surface area (Å²) >= 11 is 0. The van der Waals surface area contributed by atoms with Gasteiger partial charge in [-0.2, -0.15) is 0 Å². The number of nitrogens with zero attached hydrogens (tertiary/aromatic N) is 2. The van der Waals surface area contributed by atoms with Crippen LogP contribution in [0.4, 0.5) is 5.69 Å². The zero-order chi connectivity index (χ0) is 14.4. The normalized spacial score (nSPS) is 12.1. The molecule has 0 bridgehead atoms. The van der Waals surface area contributed by atoms with Gasteiger partial charge < -0.3 is 15.1 Å². The lowest BCUT2D eigenvalue weighted by Gasteiger charge is -2.19. The summed E-state index contributed by atoms with van der Waals surface area (Å²) in [5, 5.41) is 3.26. The first-order valence-electron chi connectivity index (χ1n) is 6.70. The number of carbonyl (C=O) groups is 1. The Kier molecular flexibility index (Phi) is 5.83. The molecule has 0 aliphatic rings. The van der Waals surface area contributed by atoms with E-state index < -0.39 is 0 Å². The predicted molar refractivity (Wildman–Crippen MR) is 80.5 cm³/mol. The third kappa shape index (κ3) is 4.56. The maximum Gasteiger partial charge on any atom is 0.236 e. The van der Waals surface area contributed by atoms with Crippen molar-refractivity contribution in [3.63, 3.8) is 0 Å². The van der Waals surface area contributed by atoms with Crippen LogP contribution in [0.25, 0.3) is 0 Å². The van der Waals surface area contributed by atoms with Crippen LogP contribution in [0.3, 0.4) is 0 Å². The minimum absolute atomic E-state index is 0.124. The van der Waals surface area contributed by atoms with Crippen molar-refractivity contribution in [2.24, 2.45) is 0 Å². The Balaban J connectivity index is 2.54. The van der Waals surface area contributed by atoms with E-state index in [-0.39, 0.29) is 11.9 Å². The Morgan fingerprint density at radius 1 is 1.21 bits per heavy atom. The van der Waals surface area contributed by atoms with Gasteiger partial charge in [-0.15, -0.1) is 0 Å². The molecule has 1 aromatic carbocycles. The van der Waals surface area contributed by atoms with Gasteiger partial charge >= 0.3 is 0 Å². The summed E-state index contributed by atoms with van der Waals surface area (Å²) in [6.45, 7) is 5.17. The number of carbonyl (C=O) groups excluding carboxylic acids is 1. The van der Waals surface area contributed by atoms with Crippen LogP contribution in [-0.2, 0) is 4.79 Å². The van der Waals surface area contributed by atoms with Crippen molar-refractivity contribution in [2.75, 3.05) is 39.1 Å². The van der Waals surface area contributed by atoms with Crippen LogP contribution in [0.5, 0.6) is 0 Å². The Labute approximate surface area is 116 Å². The van der Waals surface area contributed by atoms with Gasteiger partial charge in [0, 0.05) is 39.4 Å². The standard InChI is InChI=1S/C15H25N3O/c1-6-18(5)15(19)11-16-12(2)13-7-9-14(10-8-13)17(3)4/h7-10,12,16H,6,11H2,1-5H3. The Morgan fingerprint density at radius 2 is 1.79 bits per heavy atom. The van der Waals surface area contributed by atoms with Crippen molar-refractivity contribution in [1.29, 1.82) is 0 Å². The Bertz CT molecular complexity index is 400. The van der Waals surface area contributed by atoms with Gasteiger partial charge in [0.1, 0.15) is 0 Å². The van der Waals surface area contributed by atoms with Gasteiger partial charge in [-0.05, 0) is 31.5 Å². The van der Waals surface area contributed by atoms with E-state index in [0.29, 0.717) is 6.54 Å². The second-order valence-corrected chi connectivity index (χ2v) is 5.00. The predicted octanol–water partition coefficient (Wildman–Crippen LogP) is 1.88. The minimum atomic E-state index is 0.124. The maximum atomic E-state index is 11.7. The molecule has 0 fully saturated rings. The number of rotatable bonds is 6. The van der Waals surface area contributed by atoms with E-state index in [1.807, 2.05) is 28.1 Å². The van der Waals surface area contributed by atoms with Crippen LogP contribution in [0, 0.1) is 0 Å². The Hall–Kier alpha value is -1.55. The first-order valence-corrected chi connectivity index (χ1v) is 6.70. The minimum Gasteiger partial charge on any atom is -0.378 e. The number of benzene rings is 1. The number of anilines is 1. The lowest BCUT2D eigenvalue weighted by molar-refractivity contribution is -0.128. The van der Waals surface area contributed by atoms with Crippen LogP contribution in [-0.4, -0.2) is 45.0 Å². The van der Waals surface area contributed by atoms with Gasteiger partial charge in [-0.1, -0.05) is 12.1 Å². The Morgan fingerprint density at radius 3 is 2.26 bits per heavy atom. The van der Waals surface area contributed by atoms with E-state index in [4.69, 9.17) is 0 Å². The lowest BCUT2D eigenvalue weighted by Crippen LogP contribution is -2.36. The van der Waals surface area contributed by atoms with Crippen molar-refractivity contribution in [3.05, 3.63) is 29.8 Å². The second-order valence-electron chi connectivity index (χ2n) is 5.00. The molecular weight excluding hydrogens is 238 g/mol. The molecule has 4 nitrogen and oxygen atoms in total. The smallest absolute Gasteiger partial charge is 0.236 e. The molecule has 0 saturated carbocycles. The highest BCUT2D eigenvalue weighted by Gasteiger charge is 2.10. The third-order valence-corrected chi connectivity index (χ3v) is 3.37. The maximum absolute atomic E-state index is 11.7. The molecule has 0 aliphatic carbocycles. The molecular formula is C15H25N3O. The molecule has 1 amide bonds. The van der Waals surface area contributed by atoms with E-state index >= 15 is 0 Å². The summed E-state index contributed by atoms with van der Waals surface area (Å²) in [5.74, 6) is 0.124. The molecule has 0 aromatic heterocycles. The lowest BCUT2D eigenvalue weighted by atomic mass is 10.1. The van der Waals surface area contributed by atoms with Gasteiger partial charge in [0.15, 0.2) is 0 Å². The number of hydrogen-bond acceptors (Lipinski definition) is 3. The van der Waals surface area contributed by atoms with Crippen molar-refractivity contribution in [3.8, 4) is 0 Å². The molecule has 1 N–H and O–H groups in total. The summed E-state index contributed by atoms with van der Waals surface area (Å²) in [4.78, 5) is 15.5. The van der Waals surface area contributed by atoms with Gasteiger partial charge in [-0.3, -0.25) is 4.79 Å². The number of likely N-dealkylation sites (N-methyl/N-ethyl adjacent to an activating group) is 1. The first-order chi connectivity index (χ1) is 8.95. The zero-order valence-corrected chi connectivity index (χ0v) is 12.6. The molecule has 1 rings (SSSR count). The molecule has 0 spiro atoms. The van der Waals surface area contributed by atoms with Crippen LogP contribution < -0.4 is 10.2 Å². The van der Waals surface area contributed by atoms with Gasteiger partial charge in [0.05, 0.1) is 6.54 Å². The second kappa shape index (κ2) is 7.14. The van der Waals surface area contributed by atoms with E-state index in [2.05, 4.69) is 41.4 Å². The van der Waals surface area contributed by atoms with Crippen LogP contribution in [0.15, 0.2) is 24.3 Å². The molecule has 0 saturated heterocycles. The summed E-state index contributed by atoms with van der Waals surface area (Å²) in [6, 6.07) is 8.55. The van der Waals surface area contributed by atoms with Crippen molar-refractivity contribution in [2.45, 2.75) is 19.9 Å². The van der Waals surface area contributed by atoms with E-state index in [9.17, 15) is 4.79 Å². The molecule has 0 aliphatic heterocycles. The van der Waals surface area contributed by atoms with Gasteiger partial charge in [0.2, 0.25) is 5.91 Å². The van der Waals surface area contributed by atoms with Crippen LogP contribution >= 0.6 is 0 Å². The monoisotopic (exact) mass is 263 g/mol. The fourth-order valence-corrected chi connectivity index (χ4v) is 1.73. The quantitative estimate of drug-likeness (QED) is 0.851. The van der Waals surface area contributed by atoms with Crippen molar-refractivity contribution in [1.82, 2.24) is 10.2 Å². The highest BCUT2D eigenvalue weighted by Crippen LogP contribution is 2.17. The molecule has 0 heterocycles. The highest BCUT2D eigenvalue weighted by molar-refractivity contribution is 5.77. The molecule has 0 radical (unpaired) electrons. The fraction of sp³-hybridized carbons (Fsp3) is 0.533. The average Bonchev–Trinajstić information content (AvgIpc) is 2.43. The summed E-state index contributed by atoms with van der Waals surface area (Å²) in [7, 11) is 5.87. The molecule has 4 heteroatoms. The number of amides is 1. The highest BCUT2D eigenvalue weighted by atomic mass is 16.2.